The van der Waals surface area contributed by atoms with Crippen LogP contribution in [-0.2, 0) is 4.79 Å². The molecule has 0 aliphatic rings. The molecule has 0 atom stereocenters. The smallest absolute Gasteiger partial charge is 0.234 e. The maximum absolute atomic E-state index is 11.9. The summed E-state index contributed by atoms with van der Waals surface area (Å²) in [5.41, 5.74) is 0.698. The molecule has 24 heavy (non-hydrogen) atoms. The predicted octanol–water partition coefficient (Wildman–Crippen LogP) is 3.98. The molecule has 8 heteroatoms. The van der Waals surface area contributed by atoms with Crippen molar-refractivity contribution in [3.05, 3.63) is 59.8 Å². The summed E-state index contributed by atoms with van der Waals surface area (Å²) < 4.78 is 5.70. The molecule has 3 rings (SSSR count). The van der Waals surface area contributed by atoms with Crippen molar-refractivity contribution in [2.45, 2.75) is 5.03 Å². The third-order valence-electron chi connectivity index (χ3n) is 2.93. The monoisotopic (exact) mass is 360 g/mol. The number of anilines is 1. The molecule has 3 aromatic rings. The molecule has 2 aromatic carbocycles. The zero-order chi connectivity index (χ0) is 16.8. The fourth-order valence-electron chi connectivity index (χ4n) is 1.84. The minimum Gasteiger partial charge on any atom is -0.457 e. The molecule has 0 spiro atoms. The van der Waals surface area contributed by atoms with E-state index < -0.39 is 0 Å². The second-order valence-corrected chi connectivity index (χ2v) is 6.16. The Balaban J connectivity index is 1.52. The first-order chi connectivity index (χ1) is 11.7. The van der Waals surface area contributed by atoms with E-state index in [-0.39, 0.29) is 11.7 Å². The molecule has 0 saturated heterocycles. The highest BCUT2D eigenvalue weighted by molar-refractivity contribution is 7.99. The van der Waals surface area contributed by atoms with Gasteiger partial charge < -0.3 is 10.1 Å². The lowest BCUT2D eigenvalue weighted by atomic mass is 10.3. The number of ether oxygens (including phenoxy) is 1. The minimum absolute atomic E-state index is 0.116. The average molecular weight is 361 g/mol. The van der Waals surface area contributed by atoms with E-state index in [1.807, 2.05) is 0 Å². The maximum atomic E-state index is 11.9. The van der Waals surface area contributed by atoms with Crippen LogP contribution in [0.15, 0.2) is 59.8 Å². The fourth-order valence-corrected chi connectivity index (χ4v) is 2.55. The zero-order valence-corrected chi connectivity index (χ0v) is 14.0. The van der Waals surface area contributed by atoms with Gasteiger partial charge in [-0.1, -0.05) is 23.4 Å². The van der Waals surface area contributed by atoms with E-state index in [0.29, 0.717) is 27.2 Å². The van der Waals surface area contributed by atoms with Crippen molar-refractivity contribution in [1.29, 1.82) is 0 Å². The van der Waals surface area contributed by atoms with Crippen LogP contribution in [0, 0.1) is 0 Å². The molecule has 1 aromatic heterocycles. The molecule has 0 fully saturated rings. The van der Waals surface area contributed by atoms with Gasteiger partial charge in [-0.3, -0.25) is 4.79 Å². The van der Waals surface area contributed by atoms with Crippen LogP contribution >= 0.6 is 23.4 Å². The first kappa shape index (κ1) is 16.4. The Hall–Kier alpha value is -2.51. The third-order valence-corrected chi connectivity index (χ3v) is 4.08. The number of hydrogen-bond donors (Lipinski definition) is 2. The normalized spacial score (nSPS) is 10.4. The Morgan fingerprint density at radius 3 is 2.42 bits per heavy atom. The first-order valence-corrected chi connectivity index (χ1v) is 8.37. The maximum Gasteiger partial charge on any atom is 0.234 e. The number of amides is 1. The summed E-state index contributed by atoms with van der Waals surface area (Å²) in [4.78, 5) is 11.9. The predicted molar refractivity (Wildman–Crippen MR) is 93.7 cm³/mol. The number of H-pyrrole nitrogens is 1. The SMILES string of the molecule is O=C(CSc1cn[nH]n1)Nc1ccc(Oc2ccc(Cl)cc2)cc1. The molecule has 6 nitrogen and oxygen atoms in total. The summed E-state index contributed by atoms with van der Waals surface area (Å²) in [6.45, 7) is 0. The van der Waals surface area contributed by atoms with E-state index in [9.17, 15) is 4.79 Å². The third kappa shape index (κ3) is 4.74. The molecule has 0 bridgehead atoms. The number of halogens is 1. The summed E-state index contributed by atoms with van der Waals surface area (Å²) >= 11 is 7.14. The second-order valence-electron chi connectivity index (χ2n) is 4.73. The fraction of sp³-hybridized carbons (Fsp3) is 0.0625. The number of aromatic amines is 1. The number of carbonyl (C=O) groups excluding carboxylic acids is 1. The van der Waals surface area contributed by atoms with Crippen molar-refractivity contribution in [1.82, 2.24) is 15.4 Å². The Morgan fingerprint density at radius 2 is 1.79 bits per heavy atom. The van der Waals surface area contributed by atoms with Crippen LogP contribution in [-0.4, -0.2) is 27.1 Å². The Kier molecular flexibility index (Phi) is 5.35. The molecular weight excluding hydrogens is 348 g/mol. The topological polar surface area (TPSA) is 79.9 Å². The van der Waals surface area contributed by atoms with E-state index in [0.717, 1.165) is 0 Å². The number of aromatic nitrogens is 3. The number of thioether (sulfide) groups is 1. The molecule has 0 aliphatic heterocycles. The summed E-state index contributed by atoms with van der Waals surface area (Å²) in [6, 6.07) is 14.2. The molecular formula is C16H13ClN4O2S. The minimum atomic E-state index is -0.116. The van der Waals surface area contributed by atoms with Gasteiger partial charge >= 0.3 is 0 Å². The van der Waals surface area contributed by atoms with Crippen molar-refractivity contribution in [3.63, 3.8) is 0 Å². The number of carbonyl (C=O) groups is 1. The van der Waals surface area contributed by atoms with Crippen molar-refractivity contribution in [2.24, 2.45) is 0 Å². The van der Waals surface area contributed by atoms with Crippen molar-refractivity contribution in [3.8, 4) is 11.5 Å². The molecule has 2 N–H and O–H groups in total. The van der Waals surface area contributed by atoms with Gasteiger partial charge in [0.2, 0.25) is 5.91 Å². The molecule has 0 radical (unpaired) electrons. The standard InChI is InChI=1S/C16H13ClN4O2S/c17-11-1-5-13(6-2-11)23-14-7-3-12(4-8-14)19-15(22)10-24-16-9-18-21-20-16/h1-9H,10H2,(H,19,22)(H,18,20,21). The molecule has 0 saturated carbocycles. The van der Waals surface area contributed by atoms with Gasteiger partial charge in [0.05, 0.1) is 11.9 Å². The van der Waals surface area contributed by atoms with E-state index >= 15 is 0 Å². The Labute approximate surface area is 147 Å². The van der Waals surface area contributed by atoms with Gasteiger partial charge in [0.1, 0.15) is 16.5 Å². The highest BCUT2D eigenvalue weighted by atomic mass is 35.5. The summed E-state index contributed by atoms with van der Waals surface area (Å²) in [5.74, 6) is 1.51. The van der Waals surface area contributed by atoms with Crippen molar-refractivity contribution in [2.75, 3.05) is 11.1 Å². The van der Waals surface area contributed by atoms with Crippen molar-refractivity contribution < 1.29 is 9.53 Å². The lowest BCUT2D eigenvalue weighted by Crippen LogP contribution is -2.13. The highest BCUT2D eigenvalue weighted by Crippen LogP contribution is 2.24. The average Bonchev–Trinajstić information content (AvgIpc) is 3.10. The number of rotatable bonds is 6. The second kappa shape index (κ2) is 7.85. The summed E-state index contributed by atoms with van der Waals surface area (Å²) in [6.07, 6.45) is 1.57. The van der Waals surface area contributed by atoms with Gasteiger partial charge in [0.15, 0.2) is 0 Å². The number of benzene rings is 2. The van der Waals surface area contributed by atoms with Gasteiger partial charge in [-0.05, 0) is 48.5 Å². The Morgan fingerprint density at radius 1 is 1.12 bits per heavy atom. The van der Waals surface area contributed by atoms with Crippen LogP contribution in [0.4, 0.5) is 5.69 Å². The van der Waals surface area contributed by atoms with Gasteiger partial charge in [-0.2, -0.15) is 10.3 Å². The lowest BCUT2D eigenvalue weighted by Gasteiger charge is -2.08. The summed E-state index contributed by atoms with van der Waals surface area (Å²) in [7, 11) is 0. The van der Waals surface area contributed by atoms with Gasteiger partial charge in [-0.25, -0.2) is 0 Å². The van der Waals surface area contributed by atoms with Crippen LogP contribution in [0.1, 0.15) is 0 Å². The van der Waals surface area contributed by atoms with Crippen LogP contribution < -0.4 is 10.1 Å². The quantitative estimate of drug-likeness (QED) is 0.650. The zero-order valence-electron chi connectivity index (χ0n) is 12.4. The lowest BCUT2D eigenvalue weighted by molar-refractivity contribution is -0.113. The summed E-state index contributed by atoms with van der Waals surface area (Å²) in [5, 5.41) is 14.2. The Bertz CT molecular complexity index is 792. The van der Waals surface area contributed by atoms with Crippen LogP contribution in [0.25, 0.3) is 0 Å². The van der Waals surface area contributed by atoms with Crippen LogP contribution in [0.5, 0.6) is 11.5 Å². The first-order valence-electron chi connectivity index (χ1n) is 7.01. The van der Waals surface area contributed by atoms with Crippen LogP contribution in [0.2, 0.25) is 5.02 Å². The number of nitrogens with one attached hydrogen (secondary N) is 2. The van der Waals surface area contributed by atoms with Crippen molar-refractivity contribution >= 4 is 35.0 Å². The molecule has 0 aliphatic carbocycles. The molecule has 1 heterocycles. The molecule has 0 unspecified atom stereocenters. The molecule has 1 amide bonds. The van der Waals surface area contributed by atoms with E-state index in [4.69, 9.17) is 16.3 Å². The highest BCUT2D eigenvalue weighted by Gasteiger charge is 2.06. The number of hydrogen-bond acceptors (Lipinski definition) is 5. The number of nitrogens with zero attached hydrogens (tertiary/aromatic N) is 2. The van der Waals surface area contributed by atoms with Gasteiger partial charge in [0, 0.05) is 10.7 Å². The van der Waals surface area contributed by atoms with Gasteiger partial charge in [0.25, 0.3) is 0 Å². The van der Waals surface area contributed by atoms with Gasteiger partial charge in [-0.15, -0.1) is 5.10 Å². The largest absolute Gasteiger partial charge is 0.457 e. The molecule has 122 valence electrons. The van der Waals surface area contributed by atoms with E-state index in [1.54, 1.807) is 54.7 Å². The van der Waals surface area contributed by atoms with Crippen LogP contribution in [0.3, 0.4) is 0 Å². The van der Waals surface area contributed by atoms with E-state index in [2.05, 4.69) is 20.7 Å². The van der Waals surface area contributed by atoms with E-state index in [1.165, 1.54) is 11.8 Å².